The standard InChI is InChI=1S/C16H15ClFNO/c17-14-7-10(1-5-15(14)18)9-20-12-3-4-13-11(8-12)2-6-16(13)19/h1,3-5,7-8,16H,2,6,9,19H2/t16-/m1/s1. The summed E-state index contributed by atoms with van der Waals surface area (Å²) < 4.78 is 18.8. The van der Waals surface area contributed by atoms with Crippen LogP contribution in [0.3, 0.4) is 0 Å². The molecular formula is C16H15ClFNO. The molecule has 0 fully saturated rings. The number of nitrogens with two attached hydrogens (primary N) is 1. The van der Waals surface area contributed by atoms with Crippen LogP contribution in [-0.4, -0.2) is 0 Å². The normalized spacial score (nSPS) is 17.1. The van der Waals surface area contributed by atoms with E-state index in [1.807, 2.05) is 18.2 Å². The Balaban J connectivity index is 1.71. The summed E-state index contributed by atoms with van der Waals surface area (Å²) in [6, 6.07) is 10.7. The van der Waals surface area contributed by atoms with Crippen LogP contribution in [0, 0.1) is 5.82 Å². The van der Waals surface area contributed by atoms with Crippen LogP contribution in [0.15, 0.2) is 36.4 Å². The highest BCUT2D eigenvalue weighted by Crippen LogP contribution is 2.32. The van der Waals surface area contributed by atoms with Gasteiger partial charge in [-0.25, -0.2) is 4.39 Å². The van der Waals surface area contributed by atoms with Gasteiger partial charge in [-0.3, -0.25) is 0 Å². The van der Waals surface area contributed by atoms with Crippen molar-refractivity contribution < 1.29 is 9.13 Å². The average Bonchev–Trinajstić information content (AvgIpc) is 2.81. The van der Waals surface area contributed by atoms with Crippen molar-refractivity contribution in [1.29, 1.82) is 0 Å². The summed E-state index contributed by atoms with van der Waals surface area (Å²) in [5.41, 5.74) is 9.31. The Morgan fingerprint density at radius 2 is 2.10 bits per heavy atom. The van der Waals surface area contributed by atoms with E-state index >= 15 is 0 Å². The second-order valence-corrected chi connectivity index (χ2v) is 5.45. The van der Waals surface area contributed by atoms with Crippen LogP contribution in [0.25, 0.3) is 0 Å². The van der Waals surface area contributed by atoms with Crippen molar-refractivity contribution in [3.05, 3.63) is 63.9 Å². The molecule has 0 unspecified atom stereocenters. The molecule has 1 aliphatic rings. The highest BCUT2D eigenvalue weighted by atomic mass is 35.5. The van der Waals surface area contributed by atoms with Crippen molar-refractivity contribution in [2.45, 2.75) is 25.5 Å². The number of hydrogen-bond donors (Lipinski definition) is 1. The molecule has 0 aliphatic heterocycles. The molecule has 0 amide bonds. The van der Waals surface area contributed by atoms with E-state index in [2.05, 4.69) is 0 Å². The topological polar surface area (TPSA) is 35.2 Å². The summed E-state index contributed by atoms with van der Waals surface area (Å²) in [5.74, 6) is 0.389. The van der Waals surface area contributed by atoms with E-state index in [0.717, 1.165) is 24.2 Å². The van der Waals surface area contributed by atoms with Crippen molar-refractivity contribution in [3.8, 4) is 5.75 Å². The maximum absolute atomic E-state index is 13.1. The monoisotopic (exact) mass is 291 g/mol. The zero-order valence-corrected chi connectivity index (χ0v) is 11.7. The minimum absolute atomic E-state index is 0.117. The summed E-state index contributed by atoms with van der Waals surface area (Å²) in [6.07, 6.45) is 1.99. The number of aryl methyl sites for hydroxylation is 1. The minimum atomic E-state index is -0.415. The summed E-state index contributed by atoms with van der Waals surface area (Å²) >= 11 is 5.74. The summed E-state index contributed by atoms with van der Waals surface area (Å²) in [4.78, 5) is 0. The molecule has 1 aliphatic carbocycles. The van der Waals surface area contributed by atoms with Crippen LogP contribution in [-0.2, 0) is 13.0 Å². The molecule has 0 spiro atoms. The Kier molecular flexibility index (Phi) is 3.64. The lowest BCUT2D eigenvalue weighted by molar-refractivity contribution is 0.306. The first-order valence-electron chi connectivity index (χ1n) is 6.58. The van der Waals surface area contributed by atoms with E-state index in [9.17, 15) is 4.39 Å². The second kappa shape index (κ2) is 5.43. The molecule has 2 nitrogen and oxygen atoms in total. The second-order valence-electron chi connectivity index (χ2n) is 5.04. The fourth-order valence-electron chi connectivity index (χ4n) is 2.51. The molecule has 0 radical (unpaired) electrons. The van der Waals surface area contributed by atoms with Gasteiger partial charge in [0.25, 0.3) is 0 Å². The minimum Gasteiger partial charge on any atom is -0.489 e. The average molecular weight is 292 g/mol. The number of benzene rings is 2. The maximum atomic E-state index is 13.1. The highest BCUT2D eigenvalue weighted by Gasteiger charge is 2.19. The first-order chi connectivity index (χ1) is 9.63. The molecule has 0 saturated heterocycles. The number of ether oxygens (including phenoxy) is 1. The van der Waals surface area contributed by atoms with Crippen LogP contribution in [0.1, 0.15) is 29.2 Å². The molecule has 2 aromatic rings. The fraction of sp³-hybridized carbons (Fsp3) is 0.250. The van der Waals surface area contributed by atoms with Gasteiger partial charge in [0.15, 0.2) is 0 Å². The molecule has 3 rings (SSSR count). The SMILES string of the molecule is N[C@@H]1CCc2cc(OCc3ccc(F)c(Cl)c3)ccc21. The highest BCUT2D eigenvalue weighted by molar-refractivity contribution is 6.30. The summed E-state index contributed by atoms with van der Waals surface area (Å²) in [6.45, 7) is 0.366. The smallest absolute Gasteiger partial charge is 0.141 e. The number of halogens is 2. The Morgan fingerprint density at radius 1 is 1.25 bits per heavy atom. The van der Waals surface area contributed by atoms with E-state index in [1.54, 1.807) is 12.1 Å². The first-order valence-corrected chi connectivity index (χ1v) is 6.96. The Bertz CT molecular complexity index is 644. The lowest BCUT2D eigenvalue weighted by Crippen LogP contribution is -2.05. The van der Waals surface area contributed by atoms with E-state index < -0.39 is 5.82 Å². The summed E-state index contributed by atoms with van der Waals surface area (Å²) in [5, 5.41) is 0.117. The van der Waals surface area contributed by atoms with Crippen LogP contribution >= 0.6 is 11.6 Å². The van der Waals surface area contributed by atoms with Gasteiger partial charge in [0, 0.05) is 6.04 Å². The molecule has 0 bridgehead atoms. The lowest BCUT2D eigenvalue weighted by atomic mass is 10.1. The van der Waals surface area contributed by atoms with E-state index in [0.29, 0.717) is 6.61 Å². The van der Waals surface area contributed by atoms with Gasteiger partial charge in [-0.1, -0.05) is 23.7 Å². The molecule has 0 aromatic heterocycles. The van der Waals surface area contributed by atoms with E-state index in [4.69, 9.17) is 22.1 Å². The Hall–Kier alpha value is -1.58. The third-order valence-electron chi connectivity index (χ3n) is 3.63. The molecule has 0 saturated carbocycles. The third-order valence-corrected chi connectivity index (χ3v) is 3.92. The predicted octanol–water partition coefficient (Wildman–Crippen LogP) is 4.00. The quantitative estimate of drug-likeness (QED) is 0.927. The molecule has 2 N–H and O–H groups in total. The molecule has 1 atom stereocenters. The van der Waals surface area contributed by atoms with Crippen molar-refractivity contribution in [1.82, 2.24) is 0 Å². The van der Waals surface area contributed by atoms with Crippen molar-refractivity contribution in [2.75, 3.05) is 0 Å². The van der Waals surface area contributed by atoms with Gasteiger partial charge in [0.1, 0.15) is 18.2 Å². The van der Waals surface area contributed by atoms with Crippen molar-refractivity contribution in [2.24, 2.45) is 5.73 Å². The van der Waals surface area contributed by atoms with Gasteiger partial charge in [-0.15, -0.1) is 0 Å². The Morgan fingerprint density at radius 3 is 2.90 bits per heavy atom. The Labute approximate surface area is 122 Å². The number of fused-ring (bicyclic) bond motifs is 1. The lowest BCUT2D eigenvalue weighted by Gasteiger charge is -2.10. The van der Waals surface area contributed by atoms with Gasteiger partial charge in [0.2, 0.25) is 0 Å². The molecule has 2 aromatic carbocycles. The molecule has 0 heterocycles. The zero-order valence-electron chi connectivity index (χ0n) is 10.9. The van der Waals surface area contributed by atoms with Crippen LogP contribution in [0.4, 0.5) is 4.39 Å². The molecule has 20 heavy (non-hydrogen) atoms. The fourth-order valence-corrected chi connectivity index (χ4v) is 2.72. The predicted molar refractivity (Wildman–Crippen MR) is 77.4 cm³/mol. The van der Waals surface area contributed by atoms with E-state index in [-0.39, 0.29) is 11.1 Å². The zero-order chi connectivity index (χ0) is 14.1. The van der Waals surface area contributed by atoms with Gasteiger partial charge < -0.3 is 10.5 Å². The summed E-state index contributed by atoms with van der Waals surface area (Å²) in [7, 11) is 0. The maximum Gasteiger partial charge on any atom is 0.141 e. The third kappa shape index (κ3) is 2.65. The van der Waals surface area contributed by atoms with Crippen molar-refractivity contribution in [3.63, 3.8) is 0 Å². The van der Waals surface area contributed by atoms with Crippen molar-refractivity contribution >= 4 is 11.6 Å². The van der Waals surface area contributed by atoms with Gasteiger partial charge in [-0.2, -0.15) is 0 Å². The molecule has 4 heteroatoms. The first kappa shape index (κ1) is 13.4. The molecule has 104 valence electrons. The number of hydrogen-bond acceptors (Lipinski definition) is 2. The van der Waals surface area contributed by atoms with Crippen LogP contribution in [0.5, 0.6) is 5.75 Å². The van der Waals surface area contributed by atoms with Gasteiger partial charge in [-0.05, 0) is 53.8 Å². The van der Waals surface area contributed by atoms with Gasteiger partial charge in [0.05, 0.1) is 5.02 Å². The largest absolute Gasteiger partial charge is 0.489 e. The van der Waals surface area contributed by atoms with Crippen LogP contribution < -0.4 is 10.5 Å². The van der Waals surface area contributed by atoms with Gasteiger partial charge >= 0.3 is 0 Å². The number of rotatable bonds is 3. The van der Waals surface area contributed by atoms with Crippen LogP contribution in [0.2, 0.25) is 5.02 Å². The molecular weight excluding hydrogens is 277 g/mol. The van der Waals surface area contributed by atoms with E-state index in [1.165, 1.54) is 17.2 Å².